The van der Waals surface area contributed by atoms with Gasteiger partial charge in [-0.1, -0.05) is 15.9 Å². The third-order valence-corrected chi connectivity index (χ3v) is 3.23. The number of amides is 1. The van der Waals surface area contributed by atoms with Crippen LogP contribution in [0.2, 0.25) is 0 Å². The van der Waals surface area contributed by atoms with Crippen LogP contribution in [0.15, 0.2) is 22.7 Å². The minimum Gasteiger partial charge on any atom is -0.481 e. The van der Waals surface area contributed by atoms with Gasteiger partial charge < -0.3 is 20.5 Å². The molecule has 112 valence electrons. The number of ether oxygens (including phenoxy) is 2. The zero-order chi connectivity index (χ0) is 15.0. The molecular weight excluding hydrogens is 324 g/mol. The summed E-state index contributed by atoms with van der Waals surface area (Å²) < 4.78 is 11.5. The van der Waals surface area contributed by atoms with E-state index in [4.69, 9.17) is 15.2 Å². The minimum atomic E-state index is -0.566. The maximum absolute atomic E-state index is 11.9. The van der Waals surface area contributed by atoms with E-state index in [1.807, 2.05) is 12.1 Å². The standard InChI is InChI=1S/C14H21BrN2O3/c1-10(14(18)17-6-3-7-19-2)20-13-5-4-12(15)8-11(13)9-16/h4-5,8,10H,3,6-7,9,16H2,1-2H3,(H,17,18). The zero-order valence-electron chi connectivity index (χ0n) is 11.8. The molecule has 1 rings (SSSR count). The lowest BCUT2D eigenvalue weighted by Gasteiger charge is -2.17. The van der Waals surface area contributed by atoms with E-state index in [0.29, 0.717) is 25.4 Å². The second-order valence-electron chi connectivity index (χ2n) is 4.35. The number of hydrogen-bond donors (Lipinski definition) is 2. The second-order valence-corrected chi connectivity index (χ2v) is 5.27. The van der Waals surface area contributed by atoms with Crippen LogP contribution in [0.3, 0.4) is 0 Å². The molecule has 0 spiro atoms. The van der Waals surface area contributed by atoms with Crippen LogP contribution in [0.1, 0.15) is 18.9 Å². The summed E-state index contributed by atoms with van der Waals surface area (Å²) in [6, 6.07) is 5.55. The Morgan fingerprint density at radius 3 is 2.90 bits per heavy atom. The van der Waals surface area contributed by atoms with Gasteiger partial charge in [0.05, 0.1) is 0 Å². The highest BCUT2D eigenvalue weighted by Crippen LogP contribution is 2.23. The van der Waals surface area contributed by atoms with E-state index >= 15 is 0 Å². The molecule has 0 bridgehead atoms. The van der Waals surface area contributed by atoms with Gasteiger partial charge in [-0.3, -0.25) is 4.79 Å². The highest BCUT2D eigenvalue weighted by atomic mass is 79.9. The van der Waals surface area contributed by atoms with Crippen molar-refractivity contribution in [3.8, 4) is 5.75 Å². The third-order valence-electron chi connectivity index (χ3n) is 2.74. The zero-order valence-corrected chi connectivity index (χ0v) is 13.4. The third kappa shape index (κ3) is 5.48. The molecule has 0 aliphatic carbocycles. The van der Waals surface area contributed by atoms with Crippen LogP contribution in [0.25, 0.3) is 0 Å². The summed E-state index contributed by atoms with van der Waals surface area (Å²) in [6.07, 6.45) is 0.213. The van der Waals surface area contributed by atoms with Gasteiger partial charge in [0.25, 0.3) is 5.91 Å². The number of methoxy groups -OCH3 is 1. The van der Waals surface area contributed by atoms with Gasteiger partial charge in [-0.25, -0.2) is 0 Å². The molecule has 5 nitrogen and oxygen atoms in total. The Kier molecular flexibility index (Phi) is 7.58. The summed E-state index contributed by atoms with van der Waals surface area (Å²) >= 11 is 3.38. The first-order chi connectivity index (χ1) is 9.58. The van der Waals surface area contributed by atoms with Gasteiger partial charge in [0, 0.05) is 36.8 Å². The number of nitrogens with two attached hydrogens (primary N) is 1. The first kappa shape index (κ1) is 16.9. The van der Waals surface area contributed by atoms with Gasteiger partial charge in [-0.2, -0.15) is 0 Å². The molecule has 1 amide bonds. The van der Waals surface area contributed by atoms with Crippen molar-refractivity contribution in [2.75, 3.05) is 20.3 Å². The second kappa shape index (κ2) is 8.94. The van der Waals surface area contributed by atoms with Crippen molar-refractivity contribution in [3.05, 3.63) is 28.2 Å². The smallest absolute Gasteiger partial charge is 0.260 e. The van der Waals surface area contributed by atoms with Crippen molar-refractivity contribution >= 4 is 21.8 Å². The molecule has 0 fully saturated rings. The molecule has 3 N–H and O–H groups in total. The van der Waals surface area contributed by atoms with Gasteiger partial charge >= 0.3 is 0 Å². The predicted molar refractivity (Wildman–Crippen MR) is 81.6 cm³/mol. The first-order valence-electron chi connectivity index (χ1n) is 6.50. The molecule has 0 radical (unpaired) electrons. The minimum absolute atomic E-state index is 0.146. The molecule has 0 aromatic heterocycles. The fourth-order valence-corrected chi connectivity index (χ4v) is 2.05. The summed E-state index contributed by atoms with van der Waals surface area (Å²) in [6.45, 7) is 3.27. The van der Waals surface area contributed by atoms with Crippen molar-refractivity contribution in [1.82, 2.24) is 5.32 Å². The lowest BCUT2D eigenvalue weighted by atomic mass is 10.2. The van der Waals surface area contributed by atoms with Gasteiger partial charge in [-0.15, -0.1) is 0 Å². The quantitative estimate of drug-likeness (QED) is 0.705. The molecule has 1 atom stereocenters. The highest BCUT2D eigenvalue weighted by molar-refractivity contribution is 9.10. The van der Waals surface area contributed by atoms with Crippen molar-refractivity contribution in [2.24, 2.45) is 5.73 Å². The molecule has 20 heavy (non-hydrogen) atoms. The van der Waals surface area contributed by atoms with E-state index in [-0.39, 0.29) is 5.91 Å². The first-order valence-corrected chi connectivity index (χ1v) is 7.29. The SMILES string of the molecule is COCCCNC(=O)C(C)Oc1ccc(Br)cc1CN. The Labute approximate surface area is 127 Å². The highest BCUT2D eigenvalue weighted by Gasteiger charge is 2.15. The van der Waals surface area contributed by atoms with Crippen LogP contribution in [0.5, 0.6) is 5.75 Å². The molecule has 0 aliphatic heterocycles. The van der Waals surface area contributed by atoms with Crippen LogP contribution in [-0.4, -0.2) is 32.3 Å². The largest absolute Gasteiger partial charge is 0.481 e. The molecule has 1 aromatic carbocycles. The van der Waals surface area contributed by atoms with Crippen LogP contribution >= 0.6 is 15.9 Å². The van der Waals surface area contributed by atoms with Crippen LogP contribution in [0, 0.1) is 0 Å². The number of benzene rings is 1. The summed E-state index contributed by atoms with van der Waals surface area (Å²) in [5.74, 6) is 0.488. The maximum atomic E-state index is 11.9. The molecule has 0 heterocycles. The number of rotatable bonds is 8. The fourth-order valence-electron chi connectivity index (χ4n) is 1.64. The number of hydrogen-bond acceptors (Lipinski definition) is 4. The average molecular weight is 345 g/mol. The maximum Gasteiger partial charge on any atom is 0.260 e. The topological polar surface area (TPSA) is 73.6 Å². The molecule has 6 heteroatoms. The summed E-state index contributed by atoms with van der Waals surface area (Å²) in [4.78, 5) is 11.9. The lowest BCUT2D eigenvalue weighted by Crippen LogP contribution is -2.37. The van der Waals surface area contributed by atoms with E-state index in [1.54, 1.807) is 20.1 Å². The van der Waals surface area contributed by atoms with Gasteiger partial charge in [0.1, 0.15) is 5.75 Å². The Bertz CT molecular complexity index is 440. The summed E-state index contributed by atoms with van der Waals surface area (Å²) in [5.41, 5.74) is 6.53. The Hall–Kier alpha value is -1.11. The monoisotopic (exact) mass is 344 g/mol. The van der Waals surface area contributed by atoms with E-state index in [0.717, 1.165) is 16.5 Å². The van der Waals surface area contributed by atoms with Crippen molar-refractivity contribution in [1.29, 1.82) is 0 Å². The van der Waals surface area contributed by atoms with Gasteiger partial charge in [0.15, 0.2) is 6.10 Å². The Balaban J connectivity index is 2.52. The van der Waals surface area contributed by atoms with Crippen LogP contribution < -0.4 is 15.8 Å². The van der Waals surface area contributed by atoms with Crippen molar-refractivity contribution in [2.45, 2.75) is 26.0 Å². The van der Waals surface area contributed by atoms with Crippen molar-refractivity contribution < 1.29 is 14.3 Å². The van der Waals surface area contributed by atoms with Crippen LogP contribution in [-0.2, 0) is 16.1 Å². The van der Waals surface area contributed by atoms with Crippen LogP contribution in [0.4, 0.5) is 0 Å². The number of nitrogens with one attached hydrogen (secondary N) is 1. The number of carbonyl (C=O) groups excluding carboxylic acids is 1. The number of carbonyl (C=O) groups is 1. The fraction of sp³-hybridized carbons (Fsp3) is 0.500. The van der Waals surface area contributed by atoms with E-state index < -0.39 is 6.10 Å². The van der Waals surface area contributed by atoms with Gasteiger partial charge in [-0.05, 0) is 31.5 Å². The number of halogens is 1. The van der Waals surface area contributed by atoms with Gasteiger partial charge in [0.2, 0.25) is 0 Å². The van der Waals surface area contributed by atoms with E-state index in [2.05, 4.69) is 21.2 Å². The Morgan fingerprint density at radius 1 is 1.50 bits per heavy atom. The van der Waals surface area contributed by atoms with Crippen molar-refractivity contribution in [3.63, 3.8) is 0 Å². The molecule has 0 aliphatic rings. The van der Waals surface area contributed by atoms with E-state index in [1.165, 1.54) is 0 Å². The average Bonchev–Trinajstić information content (AvgIpc) is 2.45. The van der Waals surface area contributed by atoms with E-state index in [9.17, 15) is 4.79 Å². The molecule has 1 unspecified atom stereocenters. The lowest BCUT2D eigenvalue weighted by molar-refractivity contribution is -0.127. The molecule has 1 aromatic rings. The Morgan fingerprint density at radius 2 is 2.25 bits per heavy atom. The molecule has 0 saturated heterocycles. The predicted octanol–water partition coefficient (Wildman–Crippen LogP) is 1.83. The summed E-state index contributed by atoms with van der Waals surface area (Å²) in [7, 11) is 1.63. The molecular formula is C14H21BrN2O3. The summed E-state index contributed by atoms with van der Waals surface area (Å²) in [5, 5.41) is 2.80. The normalized spacial score (nSPS) is 12.0. The molecule has 0 saturated carbocycles.